The molecule has 0 N–H and O–H groups in total. The molecule has 3 rings (SSSR count). The van der Waals surface area contributed by atoms with Crippen molar-refractivity contribution in [3.8, 4) is 5.75 Å². The van der Waals surface area contributed by atoms with Crippen LogP contribution in [-0.4, -0.2) is 47.1 Å². The number of Topliss-reactive ketones (excluding diaryl/α,β-unsaturated/α-hetero) is 1. The minimum absolute atomic E-state index is 0.0852. The number of rotatable bonds is 8. The molecule has 0 heterocycles. The van der Waals surface area contributed by atoms with Crippen LogP contribution in [0.15, 0.2) is 83.3 Å². The molecule has 0 aliphatic heterocycles. The summed E-state index contributed by atoms with van der Waals surface area (Å²) in [7, 11) is -0.870. The second kappa shape index (κ2) is 9.84. The van der Waals surface area contributed by atoms with E-state index in [0.717, 1.165) is 5.56 Å². The summed E-state index contributed by atoms with van der Waals surface area (Å²) in [6.07, 6.45) is 5.00. The van der Waals surface area contributed by atoms with Gasteiger partial charge >= 0.3 is 0 Å². The van der Waals surface area contributed by atoms with Gasteiger partial charge in [-0.3, -0.25) is 4.79 Å². The Labute approximate surface area is 176 Å². The summed E-state index contributed by atoms with van der Waals surface area (Å²) in [6, 6.07) is 15.1. The molecule has 0 unspecified atom stereocenters. The average molecular weight is 429 g/mol. The molecular formula is C23H24O6S. The first-order chi connectivity index (χ1) is 14.5. The fraction of sp³-hybridized carbons (Fsp3) is 0.261. The number of hydrogen-bond donors (Lipinski definition) is 0. The van der Waals surface area contributed by atoms with Gasteiger partial charge in [0.2, 0.25) is 0 Å². The van der Waals surface area contributed by atoms with Gasteiger partial charge in [0.1, 0.15) is 17.8 Å². The van der Waals surface area contributed by atoms with Crippen molar-refractivity contribution < 1.29 is 27.4 Å². The Bertz CT molecular complexity index is 1020. The summed E-state index contributed by atoms with van der Waals surface area (Å²) in [6.45, 7) is 0.229. The van der Waals surface area contributed by atoms with Crippen molar-refractivity contribution in [3.05, 3.63) is 84.0 Å². The Morgan fingerprint density at radius 1 is 1.00 bits per heavy atom. The van der Waals surface area contributed by atoms with E-state index in [4.69, 9.17) is 14.2 Å². The Kier molecular flexibility index (Phi) is 7.20. The highest BCUT2D eigenvalue weighted by Crippen LogP contribution is 2.36. The van der Waals surface area contributed by atoms with Crippen LogP contribution >= 0.6 is 0 Å². The third-order valence-electron chi connectivity index (χ3n) is 4.88. The number of allylic oxidation sites excluding steroid dienone is 3. The number of hydrogen-bond acceptors (Lipinski definition) is 6. The van der Waals surface area contributed by atoms with Crippen LogP contribution < -0.4 is 4.74 Å². The maximum absolute atomic E-state index is 13.5. The molecular weight excluding hydrogens is 404 g/mol. The van der Waals surface area contributed by atoms with Gasteiger partial charge in [0.15, 0.2) is 15.6 Å². The highest BCUT2D eigenvalue weighted by molar-refractivity contribution is 7.93. The summed E-state index contributed by atoms with van der Waals surface area (Å²) >= 11 is 0. The summed E-state index contributed by atoms with van der Waals surface area (Å²) in [4.78, 5) is 13.4. The number of carbonyl (C=O) groups excluding carboxylic acids is 1. The lowest BCUT2D eigenvalue weighted by Crippen LogP contribution is -2.38. The highest BCUT2D eigenvalue weighted by Gasteiger charge is 2.42. The predicted octanol–water partition coefficient (Wildman–Crippen LogP) is 3.31. The zero-order chi connectivity index (χ0) is 21.6. The van der Waals surface area contributed by atoms with Gasteiger partial charge < -0.3 is 14.2 Å². The minimum Gasteiger partial charge on any atom is -0.497 e. The van der Waals surface area contributed by atoms with E-state index in [9.17, 15) is 13.2 Å². The van der Waals surface area contributed by atoms with Crippen LogP contribution in [0.4, 0.5) is 0 Å². The quantitative estimate of drug-likeness (QED) is 0.365. The Hall–Kier alpha value is -2.74. The number of benzene rings is 2. The van der Waals surface area contributed by atoms with E-state index < -0.39 is 26.8 Å². The molecule has 1 aliphatic rings. The lowest BCUT2D eigenvalue weighted by Gasteiger charge is -2.28. The molecule has 0 saturated heterocycles. The van der Waals surface area contributed by atoms with E-state index in [-0.39, 0.29) is 18.3 Å². The van der Waals surface area contributed by atoms with Crippen LogP contribution in [0.25, 0.3) is 0 Å². The van der Waals surface area contributed by atoms with Crippen LogP contribution in [0.3, 0.4) is 0 Å². The van der Waals surface area contributed by atoms with E-state index in [1.54, 1.807) is 67.8 Å². The number of sulfone groups is 1. The summed E-state index contributed by atoms with van der Waals surface area (Å²) in [5.41, 5.74) is 1.03. The van der Waals surface area contributed by atoms with Crippen LogP contribution in [0.5, 0.6) is 5.75 Å². The summed E-state index contributed by atoms with van der Waals surface area (Å²) < 4.78 is 42.2. The van der Waals surface area contributed by atoms with Gasteiger partial charge in [-0.05, 0) is 35.9 Å². The first-order valence-corrected chi connectivity index (χ1v) is 11.0. The Morgan fingerprint density at radius 2 is 1.70 bits per heavy atom. The number of carbonyl (C=O) groups is 1. The lowest BCUT2D eigenvalue weighted by atomic mass is 9.85. The zero-order valence-corrected chi connectivity index (χ0v) is 17.7. The van der Waals surface area contributed by atoms with E-state index in [0.29, 0.717) is 11.3 Å². The van der Waals surface area contributed by atoms with Crippen LogP contribution in [0.1, 0.15) is 11.5 Å². The molecule has 0 fully saturated rings. The third-order valence-corrected chi connectivity index (χ3v) is 6.99. The number of methoxy groups -OCH3 is 2. The zero-order valence-electron chi connectivity index (χ0n) is 16.9. The molecule has 1 aliphatic carbocycles. The summed E-state index contributed by atoms with van der Waals surface area (Å²) in [5.74, 6) is -0.419. The van der Waals surface area contributed by atoms with E-state index in [1.165, 1.54) is 19.2 Å². The van der Waals surface area contributed by atoms with Crippen molar-refractivity contribution in [3.63, 3.8) is 0 Å². The largest absolute Gasteiger partial charge is 0.497 e. The van der Waals surface area contributed by atoms with E-state index in [2.05, 4.69) is 0 Å². The monoisotopic (exact) mass is 428 g/mol. The Morgan fingerprint density at radius 3 is 2.33 bits per heavy atom. The Balaban J connectivity index is 2.03. The van der Waals surface area contributed by atoms with Gasteiger partial charge in [-0.15, -0.1) is 0 Å². The van der Waals surface area contributed by atoms with Crippen LogP contribution in [-0.2, 0) is 24.1 Å². The molecule has 0 amide bonds. The number of ketones is 1. The number of ether oxygens (including phenoxy) is 3. The predicted molar refractivity (Wildman–Crippen MR) is 113 cm³/mol. The molecule has 0 radical (unpaired) electrons. The van der Waals surface area contributed by atoms with Crippen molar-refractivity contribution in [2.45, 2.75) is 16.1 Å². The lowest BCUT2D eigenvalue weighted by molar-refractivity contribution is -0.115. The molecule has 0 bridgehead atoms. The fourth-order valence-corrected chi connectivity index (χ4v) is 5.25. The molecule has 2 atom stereocenters. The van der Waals surface area contributed by atoms with Crippen molar-refractivity contribution in [2.75, 3.05) is 27.6 Å². The second-order valence-electron chi connectivity index (χ2n) is 6.74. The molecule has 2 aromatic rings. The van der Waals surface area contributed by atoms with Gasteiger partial charge in [0, 0.05) is 18.6 Å². The van der Waals surface area contributed by atoms with E-state index >= 15 is 0 Å². The van der Waals surface area contributed by atoms with Crippen molar-refractivity contribution in [2.24, 2.45) is 0 Å². The molecule has 7 heteroatoms. The SMILES string of the molecule is COCOC/C=C1\C=C[C@@H](c2ccc(OC)cc2)[C@H](S(=O)(=O)c2ccccc2)C1=O. The molecule has 0 spiro atoms. The standard InChI is InChI=1S/C23H24O6S/c1-27-16-29-15-14-18-10-13-21(17-8-11-19(28-2)12-9-17)23(22(18)24)30(25,26)20-6-4-3-5-7-20/h3-14,21,23H,15-16H2,1-2H3/b18-14+/t21-,23-/m0/s1. The molecule has 30 heavy (non-hydrogen) atoms. The minimum atomic E-state index is -3.93. The van der Waals surface area contributed by atoms with Crippen LogP contribution in [0, 0.1) is 0 Å². The van der Waals surface area contributed by atoms with Gasteiger partial charge in [-0.25, -0.2) is 8.42 Å². The highest BCUT2D eigenvalue weighted by atomic mass is 32.2. The smallest absolute Gasteiger partial charge is 0.189 e. The van der Waals surface area contributed by atoms with Gasteiger partial charge in [0.25, 0.3) is 0 Å². The van der Waals surface area contributed by atoms with Gasteiger partial charge in [-0.1, -0.05) is 42.5 Å². The second-order valence-corrected chi connectivity index (χ2v) is 8.81. The molecule has 158 valence electrons. The topological polar surface area (TPSA) is 78.9 Å². The van der Waals surface area contributed by atoms with Crippen molar-refractivity contribution >= 4 is 15.6 Å². The van der Waals surface area contributed by atoms with Crippen LogP contribution in [0.2, 0.25) is 0 Å². The van der Waals surface area contributed by atoms with Gasteiger partial charge in [0.05, 0.1) is 18.6 Å². The fourth-order valence-electron chi connectivity index (χ4n) is 3.37. The third kappa shape index (κ3) is 4.70. The van der Waals surface area contributed by atoms with Crippen molar-refractivity contribution in [1.29, 1.82) is 0 Å². The maximum atomic E-state index is 13.5. The molecule has 0 aromatic heterocycles. The molecule has 6 nitrogen and oxygen atoms in total. The first kappa shape index (κ1) is 22.0. The average Bonchev–Trinajstić information content (AvgIpc) is 2.78. The summed E-state index contributed by atoms with van der Waals surface area (Å²) in [5, 5.41) is -1.27. The molecule has 0 saturated carbocycles. The molecule has 2 aromatic carbocycles. The van der Waals surface area contributed by atoms with Gasteiger partial charge in [-0.2, -0.15) is 0 Å². The normalized spacial score (nSPS) is 20.5. The van der Waals surface area contributed by atoms with Crippen molar-refractivity contribution in [1.82, 2.24) is 0 Å². The van der Waals surface area contributed by atoms with E-state index in [1.807, 2.05) is 0 Å². The maximum Gasteiger partial charge on any atom is 0.189 e. The first-order valence-electron chi connectivity index (χ1n) is 9.41.